The van der Waals surface area contributed by atoms with Gasteiger partial charge in [-0.1, -0.05) is 30.3 Å². The van der Waals surface area contributed by atoms with Gasteiger partial charge in [0.25, 0.3) is 5.91 Å². The van der Waals surface area contributed by atoms with E-state index in [2.05, 4.69) is 5.32 Å². The Hall–Kier alpha value is -2.91. The predicted octanol–water partition coefficient (Wildman–Crippen LogP) is 1.18. The van der Waals surface area contributed by atoms with Crippen molar-refractivity contribution in [2.45, 2.75) is 30.8 Å². The van der Waals surface area contributed by atoms with Gasteiger partial charge in [-0.05, 0) is 49.1 Å². The SMILES string of the molecule is C[C@@H](OC(=O)[C@H]1COc2ccccc2C1)C(=O)NCCc1ccc(S(N)(=O)=O)cc1. The Bertz CT molecular complexity index is 1020. The number of primary sulfonamides is 1. The number of para-hydroxylation sites is 1. The standard InChI is InChI=1S/C21H24N2O6S/c1-14(29-21(25)17-12-16-4-2-3-5-19(16)28-13-17)20(24)23-11-10-15-6-8-18(9-7-15)30(22,26)27/h2-9,14,17H,10-13H2,1H3,(H,23,24)(H2,22,26,27)/t14-,17-/m1/s1. The smallest absolute Gasteiger partial charge is 0.313 e. The lowest BCUT2D eigenvalue weighted by Gasteiger charge is -2.25. The van der Waals surface area contributed by atoms with Gasteiger partial charge in [0.15, 0.2) is 6.10 Å². The fraction of sp³-hybridized carbons (Fsp3) is 0.333. The highest BCUT2D eigenvalue weighted by Crippen LogP contribution is 2.27. The molecule has 1 amide bonds. The number of fused-ring (bicyclic) bond motifs is 1. The van der Waals surface area contributed by atoms with Crippen LogP contribution in [0.4, 0.5) is 0 Å². The average Bonchev–Trinajstić information content (AvgIpc) is 2.73. The fourth-order valence-corrected chi connectivity index (χ4v) is 3.64. The highest BCUT2D eigenvalue weighted by Gasteiger charge is 2.29. The third kappa shape index (κ3) is 5.58. The van der Waals surface area contributed by atoms with E-state index in [0.29, 0.717) is 19.4 Å². The third-order valence-electron chi connectivity index (χ3n) is 4.84. The summed E-state index contributed by atoms with van der Waals surface area (Å²) in [5.74, 6) is -0.552. The Kier molecular flexibility index (Phi) is 6.73. The van der Waals surface area contributed by atoms with Crippen LogP contribution in [0.25, 0.3) is 0 Å². The van der Waals surface area contributed by atoms with Crippen LogP contribution in [-0.4, -0.2) is 39.5 Å². The molecule has 0 aliphatic carbocycles. The van der Waals surface area contributed by atoms with Gasteiger partial charge in [-0.15, -0.1) is 0 Å². The monoisotopic (exact) mass is 432 g/mol. The van der Waals surface area contributed by atoms with Crippen LogP contribution in [-0.2, 0) is 37.2 Å². The van der Waals surface area contributed by atoms with E-state index in [-0.39, 0.29) is 11.5 Å². The van der Waals surface area contributed by atoms with Crippen molar-refractivity contribution in [3.63, 3.8) is 0 Å². The number of hydrogen-bond acceptors (Lipinski definition) is 6. The highest BCUT2D eigenvalue weighted by molar-refractivity contribution is 7.89. The first-order valence-electron chi connectivity index (χ1n) is 9.54. The Morgan fingerprint density at radius 2 is 1.90 bits per heavy atom. The summed E-state index contributed by atoms with van der Waals surface area (Å²) in [6.07, 6.45) is 0.0713. The molecule has 0 spiro atoms. The van der Waals surface area contributed by atoms with E-state index in [1.807, 2.05) is 24.3 Å². The van der Waals surface area contributed by atoms with Crippen LogP contribution in [0.5, 0.6) is 5.75 Å². The zero-order chi connectivity index (χ0) is 21.7. The second-order valence-electron chi connectivity index (χ2n) is 7.13. The number of carbonyl (C=O) groups is 2. The number of sulfonamides is 1. The molecule has 0 radical (unpaired) electrons. The van der Waals surface area contributed by atoms with Crippen LogP contribution in [0.2, 0.25) is 0 Å². The molecular formula is C21H24N2O6S. The number of amides is 1. The number of benzene rings is 2. The largest absolute Gasteiger partial charge is 0.492 e. The Morgan fingerprint density at radius 3 is 2.60 bits per heavy atom. The Labute approximate surface area is 175 Å². The summed E-state index contributed by atoms with van der Waals surface area (Å²) < 4.78 is 33.4. The lowest BCUT2D eigenvalue weighted by molar-refractivity contribution is -0.160. The maximum absolute atomic E-state index is 12.4. The van der Waals surface area contributed by atoms with Crippen molar-refractivity contribution < 1.29 is 27.5 Å². The van der Waals surface area contributed by atoms with Crippen LogP contribution in [0.15, 0.2) is 53.4 Å². The normalized spacial score (nSPS) is 16.7. The number of carbonyl (C=O) groups excluding carboxylic acids is 2. The summed E-state index contributed by atoms with van der Waals surface area (Å²) in [4.78, 5) is 24.6. The molecule has 3 rings (SSSR count). The predicted molar refractivity (Wildman–Crippen MR) is 109 cm³/mol. The van der Waals surface area contributed by atoms with Crippen molar-refractivity contribution in [1.29, 1.82) is 0 Å². The van der Waals surface area contributed by atoms with E-state index in [1.54, 1.807) is 12.1 Å². The lowest BCUT2D eigenvalue weighted by Crippen LogP contribution is -2.39. The van der Waals surface area contributed by atoms with Crippen LogP contribution < -0.4 is 15.2 Å². The molecule has 2 atom stereocenters. The van der Waals surface area contributed by atoms with Gasteiger partial charge in [-0.3, -0.25) is 9.59 Å². The van der Waals surface area contributed by atoms with E-state index in [9.17, 15) is 18.0 Å². The van der Waals surface area contributed by atoms with Crippen molar-refractivity contribution in [1.82, 2.24) is 5.32 Å². The molecule has 3 N–H and O–H groups in total. The van der Waals surface area contributed by atoms with E-state index >= 15 is 0 Å². The first-order chi connectivity index (χ1) is 14.2. The minimum atomic E-state index is -3.73. The molecule has 0 unspecified atom stereocenters. The average molecular weight is 432 g/mol. The molecule has 0 saturated heterocycles. The van der Waals surface area contributed by atoms with Crippen molar-refractivity contribution in [2.24, 2.45) is 11.1 Å². The maximum atomic E-state index is 12.4. The van der Waals surface area contributed by atoms with E-state index in [4.69, 9.17) is 14.6 Å². The van der Waals surface area contributed by atoms with Crippen molar-refractivity contribution in [2.75, 3.05) is 13.2 Å². The molecule has 9 heteroatoms. The second kappa shape index (κ2) is 9.27. The number of nitrogens with one attached hydrogen (secondary N) is 1. The van der Waals surface area contributed by atoms with Crippen LogP contribution in [0, 0.1) is 5.92 Å². The van der Waals surface area contributed by atoms with Gasteiger partial charge in [-0.2, -0.15) is 0 Å². The van der Waals surface area contributed by atoms with E-state index in [0.717, 1.165) is 16.9 Å². The van der Waals surface area contributed by atoms with E-state index < -0.39 is 33.9 Å². The molecular weight excluding hydrogens is 408 g/mol. The van der Waals surface area contributed by atoms with Gasteiger partial charge in [0, 0.05) is 6.54 Å². The molecule has 8 nitrogen and oxygen atoms in total. The van der Waals surface area contributed by atoms with Crippen LogP contribution in [0.1, 0.15) is 18.1 Å². The number of ether oxygens (including phenoxy) is 2. The number of nitrogens with two attached hydrogens (primary N) is 1. The Balaban J connectivity index is 1.44. The summed E-state index contributed by atoms with van der Waals surface area (Å²) in [7, 11) is -3.73. The third-order valence-corrected chi connectivity index (χ3v) is 5.77. The molecule has 1 aliphatic rings. The first-order valence-corrected chi connectivity index (χ1v) is 11.1. The molecule has 0 saturated carbocycles. The quantitative estimate of drug-likeness (QED) is 0.633. The number of rotatable bonds is 7. The van der Waals surface area contributed by atoms with Gasteiger partial charge in [-0.25, -0.2) is 13.6 Å². The summed E-state index contributed by atoms with van der Waals surface area (Å²) in [6, 6.07) is 13.6. The topological polar surface area (TPSA) is 125 Å². The van der Waals surface area contributed by atoms with Gasteiger partial charge < -0.3 is 14.8 Å². The molecule has 2 aromatic rings. The van der Waals surface area contributed by atoms with Crippen molar-refractivity contribution in [3.8, 4) is 5.75 Å². The summed E-state index contributed by atoms with van der Waals surface area (Å²) in [5.41, 5.74) is 1.78. The zero-order valence-electron chi connectivity index (χ0n) is 16.5. The molecule has 30 heavy (non-hydrogen) atoms. The summed E-state index contributed by atoms with van der Waals surface area (Å²) in [5, 5.41) is 7.77. The fourth-order valence-electron chi connectivity index (χ4n) is 3.12. The van der Waals surface area contributed by atoms with Gasteiger partial charge in [0.05, 0.1) is 10.8 Å². The van der Waals surface area contributed by atoms with Crippen molar-refractivity contribution in [3.05, 3.63) is 59.7 Å². The molecule has 1 heterocycles. The summed E-state index contributed by atoms with van der Waals surface area (Å²) >= 11 is 0. The molecule has 2 aromatic carbocycles. The number of esters is 1. The van der Waals surface area contributed by atoms with E-state index in [1.165, 1.54) is 19.1 Å². The zero-order valence-corrected chi connectivity index (χ0v) is 17.4. The van der Waals surface area contributed by atoms with Gasteiger partial charge in [0.2, 0.25) is 10.0 Å². The first kappa shape index (κ1) is 21.8. The molecule has 0 bridgehead atoms. The van der Waals surface area contributed by atoms with Crippen molar-refractivity contribution >= 4 is 21.9 Å². The lowest BCUT2D eigenvalue weighted by atomic mass is 9.97. The van der Waals surface area contributed by atoms with Crippen LogP contribution >= 0.6 is 0 Å². The minimum absolute atomic E-state index is 0.0325. The highest BCUT2D eigenvalue weighted by atomic mass is 32.2. The van der Waals surface area contributed by atoms with Gasteiger partial charge >= 0.3 is 5.97 Å². The number of hydrogen-bond donors (Lipinski definition) is 2. The Morgan fingerprint density at radius 1 is 1.20 bits per heavy atom. The molecule has 1 aliphatic heterocycles. The summed E-state index contributed by atoms with van der Waals surface area (Å²) in [6.45, 7) is 2.06. The minimum Gasteiger partial charge on any atom is -0.492 e. The molecule has 160 valence electrons. The second-order valence-corrected chi connectivity index (χ2v) is 8.69. The van der Waals surface area contributed by atoms with Crippen LogP contribution in [0.3, 0.4) is 0 Å². The molecule has 0 fully saturated rings. The molecule has 0 aromatic heterocycles. The maximum Gasteiger partial charge on any atom is 0.313 e. The van der Waals surface area contributed by atoms with Gasteiger partial charge in [0.1, 0.15) is 12.4 Å².